The van der Waals surface area contributed by atoms with Gasteiger partial charge in [0, 0.05) is 30.2 Å². The molecule has 1 fully saturated rings. The van der Waals surface area contributed by atoms with Gasteiger partial charge < -0.3 is 9.88 Å². The lowest BCUT2D eigenvalue weighted by Crippen LogP contribution is -2.34. The van der Waals surface area contributed by atoms with Gasteiger partial charge in [-0.1, -0.05) is 0 Å². The molecule has 1 unspecified atom stereocenters. The van der Waals surface area contributed by atoms with Crippen LogP contribution in [-0.2, 0) is 6.54 Å². The number of hydrogen-bond acceptors (Lipinski definition) is 3. The third kappa shape index (κ3) is 3.01. The van der Waals surface area contributed by atoms with Crippen molar-refractivity contribution in [2.45, 2.75) is 45.3 Å². The lowest BCUT2D eigenvalue weighted by molar-refractivity contribution is 0.476. The number of thioether (sulfide) groups is 1. The first-order valence-corrected chi connectivity index (χ1v) is 7.25. The summed E-state index contributed by atoms with van der Waals surface area (Å²) in [5.74, 6) is 3.74. The van der Waals surface area contributed by atoms with Gasteiger partial charge >= 0.3 is 0 Å². The summed E-state index contributed by atoms with van der Waals surface area (Å²) in [6.45, 7) is 5.29. The van der Waals surface area contributed by atoms with Gasteiger partial charge in [0.1, 0.15) is 5.82 Å². The topological polar surface area (TPSA) is 29.9 Å². The van der Waals surface area contributed by atoms with Crippen LogP contribution in [0.5, 0.6) is 0 Å². The predicted octanol–water partition coefficient (Wildman–Crippen LogP) is 2.45. The molecule has 3 nitrogen and oxygen atoms in total. The van der Waals surface area contributed by atoms with E-state index in [0.29, 0.717) is 12.1 Å². The summed E-state index contributed by atoms with van der Waals surface area (Å²) in [7, 11) is 0. The van der Waals surface area contributed by atoms with Gasteiger partial charge in [-0.25, -0.2) is 4.98 Å². The molecule has 1 aromatic rings. The molecular formula is C12H21N3S. The highest BCUT2D eigenvalue weighted by atomic mass is 32.2. The molecule has 90 valence electrons. The standard InChI is InChI=1S/C12H21N3S/c1-10(2)15-6-5-13-12(15)8-14-11-4-3-7-16-9-11/h5-6,10-11,14H,3-4,7-9H2,1-2H3. The van der Waals surface area contributed by atoms with Crippen LogP contribution in [0.1, 0.15) is 38.6 Å². The van der Waals surface area contributed by atoms with Crippen LogP contribution in [0.4, 0.5) is 0 Å². The van der Waals surface area contributed by atoms with E-state index in [1.165, 1.54) is 24.3 Å². The van der Waals surface area contributed by atoms with Crippen molar-refractivity contribution in [1.82, 2.24) is 14.9 Å². The summed E-state index contributed by atoms with van der Waals surface area (Å²) in [4.78, 5) is 4.42. The maximum atomic E-state index is 4.42. The normalized spacial score (nSPS) is 21.6. The molecule has 2 rings (SSSR count). The van der Waals surface area contributed by atoms with Gasteiger partial charge in [0.15, 0.2) is 0 Å². The Morgan fingerprint density at radius 2 is 2.50 bits per heavy atom. The molecule has 1 saturated heterocycles. The number of hydrogen-bond donors (Lipinski definition) is 1. The van der Waals surface area contributed by atoms with Crippen molar-refractivity contribution < 1.29 is 0 Å². The molecule has 0 saturated carbocycles. The van der Waals surface area contributed by atoms with Crippen molar-refractivity contribution in [2.75, 3.05) is 11.5 Å². The summed E-state index contributed by atoms with van der Waals surface area (Å²) < 4.78 is 2.24. The van der Waals surface area contributed by atoms with Crippen molar-refractivity contribution >= 4 is 11.8 Å². The summed E-state index contributed by atoms with van der Waals surface area (Å²) in [5.41, 5.74) is 0. The quantitative estimate of drug-likeness (QED) is 0.875. The van der Waals surface area contributed by atoms with E-state index < -0.39 is 0 Å². The van der Waals surface area contributed by atoms with E-state index in [1.54, 1.807) is 0 Å². The average molecular weight is 239 g/mol. The molecule has 0 spiro atoms. The zero-order valence-electron chi connectivity index (χ0n) is 10.1. The van der Waals surface area contributed by atoms with Gasteiger partial charge in [0.05, 0.1) is 6.54 Å². The second kappa shape index (κ2) is 5.73. The molecule has 4 heteroatoms. The first-order valence-electron chi connectivity index (χ1n) is 6.10. The minimum atomic E-state index is 0.500. The summed E-state index contributed by atoms with van der Waals surface area (Å²) in [6, 6.07) is 1.18. The molecule has 1 aliphatic heterocycles. The molecule has 0 aliphatic carbocycles. The van der Waals surface area contributed by atoms with E-state index in [1.807, 2.05) is 6.20 Å². The number of imidazole rings is 1. The fourth-order valence-electron chi connectivity index (χ4n) is 2.09. The van der Waals surface area contributed by atoms with E-state index >= 15 is 0 Å². The Labute approximate surface area is 102 Å². The van der Waals surface area contributed by atoms with Gasteiger partial charge in [-0.05, 0) is 32.4 Å². The fourth-order valence-corrected chi connectivity index (χ4v) is 3.19. The fraction of sp³-hybridized carbons (Fsp3) is 0.750. The predicted molar refractivity (Wildman–Crippen MR) is 69.8 cm³/mol. The van der Waals surface area contributed by atoms with E-state index in [2.05, 4.69) is 46.7 Å². The highest BCUT2D eigenvalue weighted by Gasteiger charge is 2.14. The zero-order chi connectivity index (χ0) is 11.4. The lowest BCUT2D eigenvalue weighted by atomic mass is 10.2. The summed E-state index contributed by atoms with van der Waals surface area (Å²) in [6.07, 6.45) is 6.63. The number of rotatable bonds is 4. The minimum absolute atomic E-state index is 0.500. The van der Waals surface area contributed by atoms with Crippen LogP contribution in [0.3, 0.4) is 0 Å². The molecule has 2 heterocycles. The van der Waals surface area contributed by atoms with Crippen molar-refractivity contribution in [2.24, 2.45) is 0 Å². The average Bonchev–Trinajstić information content (AvgIpc) is 2.76. The molecule has 0 amide bonds. The van der Waals surface area contributed by atoms with E-state index in [0.717, 1.165) is 12.4 Å². The molecule has 1 aromatic heterocycles. The lowest BCUT2D eigenvalue weighted by Gasteiger charge is -2.22. The molecule has 0 radical (unpaired) electrons. The van der Waals surface area contributed by atoms with Crippen LogP contribution < -0.4 is 5.32 Å². The minimum Gasteiger partial charge on any atom is -0.331 e. The highest BCUT2D eigenvalue weighted by Crippen LogP contribution is 2.17. The van der Waals surface area contributed by atoms with Crippen molar-refractivity contribution in [3.63, 3.8) is 0 Å². The van der Waals surface area contributed by atoms with Crippen molar-refractivity contribution in [3.05, 3.63) is 18.2 Å². The largest absolute Gasteiger partial charge is 0.331 e. The summed E-state index contributed by atoms with van der Waals surface area (Å²) >= 11 is 2.06. The number of nitrogens with one attached hydrogen (secondary N) is 1. The van der Waals surface area contributed by atoms with Crippen LogP contribution in [0.2, 0.25) is 0 Å². The SMILES string of the molecule is CC(C)n1ccnc1CNC1CCCSC1. The molecular weight excluding hydrogens is 218 g/mol. The van der Waals surface area contributed by atoms with Crippen LogP contribution in [-0.4, -0.2) is 27.1 Å². The first kappa shape index (κ1) is 12.0. The van der Waals surface area contributed by atoms with Crippen LogP contribution >= 0.6 is 11.8 Å². The van der Waals surface area contributed by atoms with E-state index in [4.69, 9.17) is 0 Å². The second-order valence-electron chi connectivity index (χ2n) is 4.64. The molecule has 16 heavy (non-hydrogen) atoms. The smallest absolute Gasteiger partial charge is 0.122 e. The van der Waals surface area contributed by atoms with E-state index in [9.17, 15) is 0 Å². The monoisotopic (exact) mass is 239 g/mol. The third-order valence-electron chi connectivity index (χ3n) is 3.01. The maximum absolute atomic E-state index is 4.42. The van der Waals surface area contributed by atoms with Crippen molar-refractivity contribution in [3.8, 4) is 0 Å². The Kier molecular flexibility index (Phi) is 4.29. The van der Waals surface area contributed by atoms with Gasteiger partial charge in [-0.2, -0.15) is 11.8 Å². The Bertz CT molecular complexity index is 316. The van der Waals surface area contributed by atoms with Crippen molar-refractivity contribution in [1.29, 1.82) is 0 Å². The Balaban J connectivity index is 1.86. The molecule has 1 aliphatic rings. The zero-order valence-corrected chi connectivity index (χ0v) is 11.0. The Morgan fingerprint density at radius 3 is 3.19 bits per heavy atom. The Morgan fingerprint density at radius 1 is 1.62 bits per heavy atom. The number of aromatic nitrogens is 2. The molecule has 0 bridgehead atoms. The van der Waals surface area contributed by atoms with Gasteiger partial charge in [-0.3, -0.25) is 0 Å². The molecule has 0 aromatic carbocycles. The highest BCUT2D eigenvalue weighted by molar-refractivity contribution is 7.99. The van der Waals surface area contributed by atoms with Gasteiger partial charge in [0.2, 0.25) is 0 Å². The molecule has 1 N–H and O–H groups in total. The summed E-state index contributed by atoms with van der Waals surface area (Å²) in [5, 5.41) is 3.62. The van der Waals surface area contributed by atoms with Crippen LogP contribution in [0, 0.1) is 0 Å². The first-order chi connectivity index (χ1) is 7.77. The number of nitrogens with zero attached hydrogens (tertiary/aromatic N) is 2. The van der Waals surface area contributed by atoms with Gasteiger partial charge in [-0.15, -0.1) is 0 Å². The second-order valence-corrected chi connectivity index (χ2v) is 5.79. The van der Waals surface area contributed by atoms with Gasteiger partial charge in [0.25, 0.3) is 0 Å². The van der Waals surface area contributed by atoms with Crippen LogP contribution in [0.15, 0.2) is 12.4 Å². The molecule has 1 atom stereocenters. The van der Waals surface area contributed by atoms with E-state index in [-0.39, 0.29) is 0 Å². The Hall–Kier alpha value is -0.480. The third-order valence-corrected chi connectivity index (χ3v) is 4.23. The van der Waals surface area contributed by atoms with Crippen LogP contribution in [0.25, 0.3) is 0 Å². The maximum Gasteiger partial charge on any atom is 0.122 e.